The summed E-state index contributed by atoms with van der Waals surface area (Å²) in [5.41, 5.74) is 0. The van der Waals surface area contributed by atoms with E-state index in [1.165, 1.54) is 0 Å². The van der Waals surface area contributed by atoms with Crippen LogP contribution in [0.4, 0.5) is 0 Å². The molecule has 0 aromatic carbocycles. The van der Waals surface area contributed by atoms with E-state index in [2.05, 4.69) is 0 Å². The molecule has 73 heteroatoms. The van der Waals surface area contributed by atoms with Gasteiger partial charge in [-0.1, -0.05) is 0 Å². The summed E-state index contributed by atoms with van der Waals surface area (Å²) in [5.74, 6) is 0. The van der Waals surface area contributed by atoms with Gasteiger partial charge in [0.25, 0.3) is 0 Å². The van der Waals surface area contributed by atoms with Crippen molar-refractivity contribution in [2.24, 2.45) is 0 Å². The van der Waals surface area contributed by atoms with Crippen molar-refractivity contribution in [1.82, 2.24) is 0 Å². The van der Waals surface area contributed by atoms with Crippen LogP contribution < -0.4 is 0 Å². The molecule has 0 rings (SSSR count). The summed E-state index contributed by atoms with van der Waals surface area (Å²) in [6.07, 6.45) is 0. The topological polar surface area (TPSA) is 975 Å². The van der Waals surface area contributed by atoms with E-state index in [9.17, 15) is 0 Å². The van der Waals surface area contributed by atoms with E-state index in [0.29, 0.717) is 0 Å². The number of hydrogen-bond donors (Lipinski definition) is 24. The summed E-state index contributed by atoms with van der Waals surface area (Å²) in [7, 11) is -61.2. The molecule has 0 aromatic rings. The fourth-order valence-electron chi connectivity index (χ4n) is 0. The zero-order valence-electron chi connectivity index (χ0n) is 30.5. The van der Waals surface area contributed by atoms with Gasteiger partial charge in [-0.05, 0) is 0 Å². The zero-order valence-corrected chi connectivity index (χ0v) is 50.6. The van der Waals surface area contributed by atoms with Crippen LogP contribution in [0.1, 0.15) is 0 Å². The van der Waals surface area contributed by atoms with Crippen molar-refractivity contribution in [3.63, 3.8) is 0 Å². The average molecular weight is 1710 g/mol. The quantitative estimate of drug-likeness (QED) is 0.0608. The Labute approximate surface area is 493 Å². The van der Waals surface area contributed by atoms with Crippen molar-refractivity contribution in [2.45, 2.75) is 0 Å². The molecule has 0 aromatic heterocycles. The summed E-state index contributed by atoms with van der Waals surface area (Å²) >= 11 is 0. The van der Waals surface area contributed by atoms with Gasteiger partial charge < -0.3 is 9.11 Å². The fraction of sp³-hybridized carbons (Fsp3) is 0. The summed E-state index contributed by atoms with van der Waals surface area (Å²) in [6, 6.07) is 0. The van der Waals surface area contributed by atoms with Crippen LogP contribution in [0.5, 0.6) is 0 Å². The smallest absolute Gasteiger partial charge is 0.394 e. The first-order valence-corrected chi connectivity index (χ1v) is 27.1. The number of hydrogen-bond acceptors (Lipinski definition) is 28. The zero-order chi connectivity index (χ0) is 58.5. The van der Waals surface area contributed by atoms with Crippen molar-refractivity contribution >= 4 is 135 Å². The second-order valence-corrected chi connectivity index (χ2v) is 17.3. The Morgan fingerprint density at radius 1 is 0.137 bits per heavy atom. The van der Waals surface area contributed by atoms with Crippen molar-refractivity contribution in [2.75, 3.05) is 0 Å². The monoisotopic (exact) mass is 1710 g/mol. The van der Waals surface area contributed by atoms with Gasteiger partial charge in [-0.3, -0.25) is 118 Å². The third kappa shape index (κ3) is 64300. The van der Waals surface area contributed by atoms with Gasteiger partial charge in [-0.2, -0.15) is 101 Å². The summed E-state index contributed by atoms with van der Waals surface area (Å²) < 4.78 is 413. The Balaban J connectivity index is -0.0000000209. The molecule has 73 heavy (non-hydrogen) atoms. The van der Waals surface area contributed by atoms with Crippen molar-refractivity contribution < 1.29 is 364 Å². The van der Waals surface area contributed by atoms with Gasteiger partial charge in [0, 0.05) is 147 Å². The van der Waals surface area contributed by atoms with E-state index < -0.39 is 135 Å². The van der Waals surface area contributed by atoms with Crippen molar-refractivity contribution in [3.05, 3.63) is 0 Å². The first kappa shape index (κ1) is 141. The molecule has 0 amide bonds. The second-order valence-electron chi connectivity index (χ2n) is 5.78. The van der Waals surface area contributed by atoms with Crippen LogP contribution in [0.15, 0.2) is 0 Å². The molecule has 0 saturated carbocycles. The molecule has 0 atom stereocenters. The first-order valence-electron chi connectivity index (χ1n) is 9.05. The maximum absolute atomic E-state index is 8.74. The predicted octanol–water partition coefficient (Wildman–Crippen LogP) is -9.19. The van der Waals surface area contributed by atoms with Crippen LogP contribution in [0.2, 0.25) is 0 Å². The maximum Gasteiger partial charge on any atom is 0.394 e. The third-order valence-electron chi connectivity index (χ3n) is 0. The molecule has 0 spiro atoms. The summed E-state index contributed by atoms with van der Waals surface area (Å²) in [6.45, 7) is 0. The Bertz CT molecular complexity index is 1890. The van der Waals surface area contributed by atoms with Gasteiger partial charge in [0.05, 0.1) is 0 Å². The molecule has 52 nitrogen and oxygen atoms in total. The maximum atomic E-state index is 8.74. The standard InChI is InChI=1S/8Mn.13H2O4S/c;;;;;;;;13*1-5(2,3)4/h;;;;;;;;13*(H2,1,2,3,4)/p-2. The minimum atomic E-state index is -5.17. The van der Waals surface area contributed by atoms with Gasteiger partial charge in [0.1, 0.15) is 0 Å². The first-order chi connectivity index (χ1) is 26.0. The molecule has 0 aliphatic heterocycles. The molecule has 24 N–H and O–H groups in total. The molecule has 0 unspecified atom stereocenters. The van der Waals surface area contributed by atoms with E-state index in [1.54, 1.807) is 0 Å². The molecule has 8 radical (unpaired) electrons. The Hall–Kier alpha value is 2.47. The van der Waals surface area contributed by atoms with E-state index >= 15 is 0 Å². The fourth-order valence-corrected chi connectivity index (χ4v) is 0. The Kier molecular flexibility index (Phi) is 120. The molecule has 0 fully saturated rings. The summed E-state index contributed by atoms with van der Waals surface area (Å²) in [5, 5.41) is 0. The van der Waals surface area contributed by atoms with Crippen LogP contribution in [-0.2, 0) is 272 Å². The van der Waals surface area contributed by atoms with Crippen molar-refractivity contribution in [3.8, 4) is 0 Å². The van der Waals surface area contributed by atoms with E-state index in [0.717, 1.165) is 0 Å². The van der Waals surface area contributed by atoms with Crippen LogP contribution in [0.25, 0.3) is 0 Å². The molecular weight excluding hydrogens is 1690 g/mol. The average Bonchev–Trinajstić information content (AvgIpc) is 2.54. The van der Waals surface area contributed by atoms with Crippen LogP contribution in [0.3, 0.4) is 0 Å². The normalized spacial score (nSPS) is 10.3. The van der Waals surface area contributed by atoms with Crippen LogP contribution in [0, 0.1) is 0 Å². The SMILES string of the molecule is O=S(=O)(O)O.O=S(=O)(O)O.O=S(=O)(O)O.O=S(=O)(O)O.O=S(=O)(O)O.O=S(=O)(O)O.O=S(=O)(O)O.O=S(=O)(O)O.O=S(=O)(O)O.O=S(=O)(O)O.O=S(=O)(O)O.O=S(=O)(O)O.O=S(=O)([O-])[O-].[Mn].[Mn].[Mn].[Mn].[Mn].[Mn].[Mn].[Mn]. The third-order valence-corrected chi connectivity index (χ3v) is 0. The van der Waals surface area contributed by atoms with Crippen LogP contribution in [-0.4, -0.2) is 228 Å². The molecule has 0 saturated heterocycles. The molecule has 0 bridgehead atoms. The molecular formula is H24Mn8O52S13-2. The van der Waals surface area contributed by atoms with E-state index in [4.69, 9.17) is 228 Å². The minimum absolute atomic E-state index is 0. The molecule has 0 heterocycles. The predicted molar refractivity (Wildman–Crippen MR) is 181 cm³/mol. The largest absolute Gasteiger partial charge is 0.759 e. The molecule has 472 valence electrons. The van der Waals surface area contributed by atoms with Gasteiger partial charge in [-0.25, -0.2) is 0 Å². The van der Waals surface area contributed by atoms with Gasteiger partial charge in [-0.15, -0.1) is 0 Å². The van der Waals surface area contributed by atoms with E-state index in [-0.39, 0.29) is 137 Å². The van der Waals surface area contributed by atoms with Crippen LogP contribution >= 0.6 is 0 Å². The molecule has 0 aliphatic carbocycles. The Morgan fingerprint density at radius 2 is 0.137 bits per heavy atom. The van der Waals surface area contributed by atoms with E-state index in [1.807, 2.05) is 0 Å². The van der Waals surface area contributed by atoms with Gasteiger partial charge in [0.2, 0.25) is 0 Å². The number of rotatable bonds is 0. The second kappa shape index (κ2) is 62.1. The van der Waals surface area contributed by atoms with Crippen molar-refractivity contribution in [1.29, 1.82) is 0 Å². The van der Waals surface area contributed by atoms with Gasteiger partial charge >= 0.3 is 125 Å². The Morgan fingerprint density at radius 3 is 0.137 bits per heavy atom. The minimum Gasteiger partial charge on any atom is -0.759 e. The summed E-state index contributed by atoms with van der Waals surface area (Å²) in [4.78, 5) is 0. The van der Waals surface area contributed by atoms with Gasteiger partial charge in [0.15, 0.2) is 0 Å². The molecule has 0 aliphatic rings.